The van der Waals surface area contributed by atoms with Crippen LogP contribution in [-0.2, 0) is 12.6 Å². The number of aliphatic imine (C=N–C) groups is 1. The van der Waals surface area contributed by atoms with Gasteiger partial charge in [-0.3, -0.25) is 4.99 Å². The lowest BCUT2D eigenvalue weighted by Crippen LogP contribution is -2.40. The van der Waals surface area contributed by atoms with Crippen molar-refractivity contribution in [3.05, 3.63) is 16.1 Å². The van der Waals surface area contributed by atoms with Gasteiger partial charge >= 0.3 is 6.18 Å². The SMILES string of the molecule is CN=C(NCCc1nc(C(F)(F)F)cs1)N1CCC(CC(C)C)C1. The molecule has 2 rings (SSSR count). The van der Waals surface area contributed by atoms with E-state index in [0.717, 1.165) is 35.8 Å². The van der Waals surface area contributed by atoms with E-state index in [0.29, 0.717) is 29.8 Å². The molecule has 0 radical (unpaired) electrons. The Hall–Kier alpha value is -1.31. The third-order valence-electron chi connectivity index (χ3n) is 4.07. The summed E-state index contributed by atoms with van der Waals surface area (Å²) in [6, 6.07) is 0. The van der Waals surface area contributed by atoms with Crippen LogP contribution in [0, 0.1) is 11.8 Å². The van der Waals surface area contributed by atoms with Crippen molar-refractivity contribution in [2.45, 2.75) is 39.3 Å². The summed E-state index contributed by atoms with van der Waals surface area (Å²) in [5, 5.41) is 4.80. The Bertz CT molecular complexity index is 554. The molecule has 1 saturated heterocycles. The molecule has 1 N–H and O–H groups in total. The molecular weight excluding hydrogens is 337 g/mol. The van der Waals surface area contributed by atoms with E-state index in [9.17, 15) is 13.2 Å². The average molecular weight is 362 g/mol. The highest BCUT2D eigenvalue weighted by Gasteiger charge is 2.33. The maximum absolute atomic E-state index is 12.5. The van der Waals surface area contributed by atoms with Gasteiger partial charge in [-0.25, -0.2) is 4.98 Å². The van der Waals surface area contributed by atoms with Crippen LogP contribution in [0.3, 0.4) is 0 Å². The summed E-state index contributed by atoms with van der Waals surface area (Å²) in [4.78, 5) is 10.2. The van der Waals surface area contributed by atoms with Crippen LogP contribution >= 0.6 is 11.3 Å². The zero-order chi connectivity index (χ0) is 17.7. The van der Waals surface area contributed by atoms with E-state index in [1.807, 2.05) is 0 Å². The van der Waals surface area contributed by atoms with Gasteiger partial charge in [-0.2, -0.15) is 13.2 Å². The predicted octanol–water partition coefficient (Wildman–Crippen LogP) is 3.65. The van der Waals surface area contributed by atoms with Crippen molar-refractivity contribution < 1.29 is 13.2 Å². The first-order chi connectivity index (χ1) is 11.3. The normalized spacial score (nSPS) is 19.4. The second-order valence-corrected chi connectivity index (χ2v) is 7.52. The Morgan fingerprint density at radius 3 is 2.83 bits per heavy atom. The summed E-state index contributed by atoms with van der Waals surface area (Å²) in [6.45, 7) is 6.97. The lowest BCUT2D eigenvalue weighted by molar-refractivity contribution is -0.140. The zero-order valence-corrected chi connectivity index (χ0v) is 15.2. The van der Waals surface area contributed by atoms with Crippen LogP contribution in [0.2, 0.25) is 0 Å². The smallest absolute Gasteiger partial charge is 0.356 e. The van der Waals surface area contributed by atoms with Gasteiger partial charge in [0.15, 0.2) is 11.7 Å². The van der Waals surface area contributed by atoms with Gasteiger partial charge in [0, 0.05) is 38.5 Å². The number of likely N-dealkylation sites (tertiary alicyclic amines) is 1. The highest BCUT2D eigenvalue weighted by molar-refractivity contribution is 7.09. The van der Waals surface area contributed by atoms with Gasteiger partial charge in [0.05, 0.1) is 5.01 Å². The third-order valence-corrected chi connectivity index (χ3v) is 4.97. The van der Waals surface area contributed by atoms with Gasteiger partial charge in [-0.15, -0.1) is 11.3 Å². The second kappa shape index (κ2) is 8.18. The van der Waals surface area contributed by atoms with Crippen molar-refractivity contribution in [1.82, 2.24) is 15.2 Å². The number of hydrogen-bond acceptors (Lipinski definition) is 3. The topological polar surface area (TPSA) is 40.5 Å². The Kier molecular flexibility index (Phi) is 6.48. The molecular formula is C16H25F3N4S. The fraction of sp³-hybridized carbons (Fsp3) is 0.750. The molecule has 0 amide bonds. The highest BCUT2D eigenvalue weighted by atomic mass is 32.1. The first-order valence-electron chi connectivity index (χ1n) is 8.26. The van der Waals surface area contributed by atoms with Crippen LogP contribution in [0.4, 0.5) is 13.2 Å². The number of guanidine groups is 1. The molecule has 1 aromatic rings. The van der Waals surface area contributed by atoms with Gasteiger partial charge in [0.1, 0.15) is 0 Å². The van der Waals surface area contributed by atoms with Crippen molar-refractivity contribution in [1.29, 1.82) is 0 Å². The Morgan fingerprint density at radius 1 is 1.50 bits per heavy atom. The van der Waals surface area contributed by atoms with Crippen LogP contribution in [0.1, 0.15) is 37.4 Å². The molecule has 1 fully saturated rings. The summed E-state index contributed by atoms with van der Waals surface area (Å²) >= 11 is 1.05. The minimum Gasteiger partial charge on any atom is -0.356 e. The van der Waals surface area contributed by atoms with Crippen LogP contribution < -0.4 is 5.32 Å². The quantitative estimate of drug-likeness (QED) is 0.642. The molecule has 0 spiro atoms. The van der Waals surface area contributed by atoms with E-state index in [1.54, 1.807) is 7.05 Å². The maximum Gasteiger partial charge on any atom is 0.434 e. The lowest BCUT2D eigenvalue weighted by atomic mass is 9.97. The van der Waals surface area contributed by atoms with E-state index < -0.39 is 11.9 Å². The van der Waals surface area contributed by atoms with E-state index in [-0.39, 0.29) is 0 Å². The first-order valence-corrected chi connectivity index (χ1v) is 9.14. The third kappa shape index (κ3) is 5.36. The van der Waals surface area contributed by atoms with Crippen molar-refractivity contribution in [3.8, 4) is 0 Å². The number of alkyl halides is 3. The van der Waals surface area contributed by atoms with E-state index in [1.165, 1.54) is 12.8 Å². The minimum atomic E-state index is -4.36. The molecule has 0 aliphatic carbocycles. The van der Waals surface area contributed by atoms with Crippen molar-refractivity contribution in [2.24, 2.45) is 16.8 Å². The number of halogens is 3. The summed E-state index contributed by atoms with van der Waals surface area (Å²) in [7, 11) is 1.74. The molecule has 1 aliphatic rings. The average Bonchev–Trinajstić information content (AvgIpc) is 3.12. The van der Waals surface area contributed by atoms with Crippen LogP contribution in [0.25, 0.3) is 0 Å². The van der Waals surface area contributed by atoms with Gasteiger partial charge in [0.25, 0.3) is 0 Å². The molecule has 24 heavy (non-hydrogen) atoms. The fourth-order valence-electron chi connectivity index (χ4n) is 3.05. The predicted molar refractivity (Wildman–Crippen MR) is 91.3 cm³/mol. The molecule has 0 bridgehead atoms. The van der Waals surface area contributed by atoms with Gasteiger partial charge in [0.2, 0.25) is 0 Å². The van der Waals surface area contributed by atoms with Crippen LogP contribution in [0.15, 0.2) is 10.4 Å². The fourth-order valence-corrected chi connectivity index (χ4v) is 3.86. The zero-order valence-electron chi connectivity index (χ0n) is 14.4. The van der Waals surface area contributed by atoms with Gasteiger partial charge < -0.3 is 10.2 Å². The summed E-state index contributed by atoms with van der Waals surface area (Å²) < 4.78 is 37.6. The number of nitrogens with zero attached hydrogens (tertiary/aromatic N) is 3. The Morgan fingerprint density at radius 2 is 2.25 bits per heavy atom. The van der Waals surface area contributed by atoms with E-state index in [4.69, 9.17) is 0 Å². The molecule has 1 aliphatic heterocycles. The highest BCUT2D eigenvalue weighted by Crippen LogP contribution is 2.30. The van der Waals surface area contributed by atoms with Gasteiger partial charge in [-0.1, -0.05) is 13.8 Å². The summed E-state index contributed by atoms with van der Waals surface area (Å²) in [6.07, 6.45) is -1.52. The first kappa shape index (κ1) is 19.0. The molecule has 1 aromatic heterocycles. The molecule has 0 saturated carbocycles. The molecule has 0 aromatic carbocycles. The van der Waals surface area contributed by atoms with Crippen LogP contribution in [-0.4, -0.2) is 42.5 Å². The molecule has 1 unspecified atom stereocenters. The monoisotopic (exact) mass is 362 g/mol. The van der Waals surface area contributed by atoms with Crippen molar-refractivity contribution >= 4 is 17.3 Å². The number of thiazole rings is 1. The molecule has 8 heteroatoms. The number of nitrogens with one attached hydrogen (secondary N) is 1. The largest absolute Gasteiger partial charge is 0.434 e. The Balaban J connectivity index is 1.79. The molecule has 4 nitrogen and oxygen atoms in total. The minimum absolute atomic E-state index is 0.461. The Labute approximate surface area is 145 Å². The molecule has 1 atom stereocenters. The van der Waals surface area contributed by atoms with Crippen molar-refractivity contribution in [3.63, 3.8) is 0 Å². The lowest BCUT2D eigenvalue weighted by Gasteiger charge is -2.22. The van der Waals surface area contributed by atoms with Crippen LogP contribution in [0.5, 0.6) is 0 Å². The van der Waals surface area contributed by atoms with Gasteiger partial charge in [-0.05, 0) is 24.7 Å². The maximum atomic E-state index is 12.5. The number of aromatic nitrogens is 1. The van der Waals surface area contributed by atoms with E-state index in [2.05, 4.69) is 34.0 Å². The summed E-state index contributed by atoms with van der Waals surface area (Å²) in [5.41, 5.74) is -0.803. The number of rotatable bonds is 5. The molecule has 136 valence electrons. The summed E-state index contributed by atoms with van der Waals surface area (Å²) in [5.74, 6) is 2.21. The standard InChI is InChI=1S/C16H25F3N4S/c1-11(2)8-12-5-7-23(9-12)15(20-3)21-6-4-14-22-13(10-24-14)16(17,18)19/h10-12H,4-9H2,1-3H3,(H,20,21). The van der Waals surface area contributed by atoms with E-state index >= 15 is 0 Å². The number of hydrogen-bond donors (Lipinski definition) is 1. The second-order valence-electron chi connectivity index (χ2n) is 6.58. The van der Waals surface area contributed by atoms with Crippen molar-refractivity contribution in [2.75, 3.05) is 26.7 Å². The molecule has 2 heterocycles.